The molecule has 0 spiro atoms. The molecular weight excluding hydrogens is 348 g/mol. The quantitative estimate of drug-likeness (QED) is 0.801. The van der Waals surface area contributed by atoms with E-state index in [2.05, 4.69) is 12.2 Å². The molecule has 2 amide bonds. The third kappa shape index (κ3) is 4.99. The topological polar surface area (TPSA) is 84.9 Å². The van der Waals surface area contributed by atoms with Gasteiger partial charge in [-0.15, -0.1) is 0 Å². The van der Waals surface area contributed by atoms with Gasteiger partial charge in [-0.1, -0.05) is 6.92 Å². The lowest BCUT2D eigenvalue weighted by molar-refractivity contribution is -0.117. The lowest BCUT2D eigenvalue weighted by Gasteiger charge is -2.30. The Morgan fingerprint density at radius 1 is 1.15 bits per heavy atom. The van der Waals surface area contributed by atoms with Gasteiger partial charge in [0.2, 0.25) is 5.91 Å². The molecule has 0 bridgehead atoms. The first-order valence-corrected chi connectivity index (χ1v) is 9.51. The molecule has 3 rings (SSSR count). The van der Waals surface area contributed by atoms with Gasteiger partial charge in [-0.2, -0.15) is 0 Å². The monoisotopic (exact) mass is 374 g/mol. The van der Waals surface area contributed by atoms with Crippen molar-refractivity contribution in [1.82, 2.24) is 4.90 Å². The molecule has 0 aromatic heterocycles. The number of carbonyl (C=O) groups is 3. The fourth-order valence-corrected chi connectivity index (χ4v) is 3.20. The molecule has 2 atom stereocenters. The minimum atomic E-state index is -0.390. The van der Waals surface area contributed by atoms with E-state index in [4.69, 9.17) is 9.47 Å². The molecule has 2 aliphatic rings. The molecule has 1 saturated carbocycles. The zero-order valence-corrected chi connectivity index (χ0v) is 15.8. The van der Waals surface area contributed by atoms with Gasteiger partial charge in [-0.3, -0.25) is 4.79 Å². The van der Waals surface area contributed by atoms with Gasteiger partial charge >= 0.3 is 12.1 Å². The van der Waals surface area contributed by atoms with Gasteiger partial charge in [0.15, 0.2) is 0 Å². The number of piperidine rings is 1. The number of hydrogen-bond donors (Lipinski definition) is 1. The minimum absolute atomic E-state index is 0.0335. The zero-order valence-electron chi connectivity index (χ0n) is 15.8. The zero-order chi connectivity index (χ0) is 19.4. The van der Waals surface area contributed by atoms with Gasteiger partial charge < -0.3 is 19.7 Å². The van der Waals surface area contributed by atoms with E-state index in [0.29, 0.717) is 49.7 Å². The Labute approximate surface area is 159 Å². The van der Waals surface area contributed by atoms with Crippen molar-refractivity contribution in [1.29, 1.82) is 0 Å². The number of nitrogens with zero attached hydrogens (tertiary/aromatic N) is 1. The maximum atomic E-state index is 12.3. The predicted molar refractivity (Wildman–Crippen MR) is 99.4 cm³/mol. The highest BCUT2D eigenvalue weighted by Crippen LogP contribution is 2.38. The lowest BCUT2D eigenvalue weighted by Crippen LogP contribution is -2.41. The third-order valence-electron chi connectivity index (χ3n) is 5.08. The molecule has 146 valence electrons. The van der Waals surface area contributed by atoms with E-state index in [1.807, 2.05) is 0 Å². The van der Waals surface area contributed by atoms with Crippen LogP contribution in [0.15, 0.2) is 24.3 Å². The van der Waals surface area contributed by atoms with E-state index in [1.54, 1.807) is 36.1 Å². The standard InChI is InChI=1S/C20H26N2O5/c1-3-26-20(25)22-10-8-16(9-11-22)27-19(24)14-4-6-15(7-5-14)21-18(23)17-12-13(17)2/h4-7,13,16-17H,3,8-12H2,1-2H3,(H,21,23)/t13-,17-/m1/s1. The van der Waals surface area contributed by atoms with Gasteiger partial charge in [0.1, 0.15) is 6.10 Å². The number of amides is 2. The average Bonchev–Trinajstić information content (AvgIpc) is 3.40. The van der Waals surface area contributed by atoms with Gasteiger partial charge in [0.05, 0.1) is 12.2 Å². The molecular formula is C20H26N2O5. The molecule has 1 aliphatic heterocycles. The molecule has 1 aliphatic carbocycles. The molecule has 7 nitrogen and oxygen atoms in total. The maximum Gasteiger partial charge on any atom is 0.409 e. The van der Waals surface area contributed by atoms with E-state index >= 15 is 0 Å². The minimum Gasteiger partial charge on any atom is -0.459 e. The molecule has 2 fully saturated rings. The SMILES string of the molecule is CCOC(=O)N1CCC(OC(=O)c2ccc(NC(=O)[C@@H]3C[C@H]3C)cc2)CC1. The summed E-state index contributed by atoms with van der Waals surface area (Å²) in [5.41, 5.74) is 1.12. The average molecular weight is 374 g/mol. The smallest absolute Gasteiger partial charge is 0.409 e. The molecule has 0 radical (unpaired) electrons. The van der Waals surface area contributed by atoms with E-state index < -0.39 is 5.97 Å². The van der Waals surface area contributed by atoms with Crippen LogP contribution in [0.5, 0.6) is 0 Å². The summed E-state index contributed by atoms with van der Waals surface area (Å²) < 4.78 is 10.5. The Hall–Kier alpha value is -2.57. The fourth-order valence-electron chi connectivity index (χ4n) is 3.20. The molecule has 1 aromatic carbocycles. The van der Waals surface area contributed by atoms with Crippen molar-refractivity contribution in [3.63, 3.8) is 0 Å². The molecule has 1 saturated heterocycles. The third-order valence-corrected chi connectivity index (χ3v) is 5.08. The summed E-state index contributed by atoms with van der Waals surface area (Å²) in [4.78, 5) is 37.6. The summed E-state index contributed by atoms with van der Waals surface area (Å²) in [5, 5.41) is 2.87. The van der Waals surface area contributed by atoms with E-state index in [9.17, 15) is 14.4 Å². The second-order valence-electron chi connectivity index (χ2n) is 7.18. The normalized spacial score (nSPS) is 22.1. The van der Waals surface area contributed by atoms with Crippen LogP contribution in [-0.4, -0.2) is 48.7 Å². The molecule has 1 aromatic rings. The van der Waals surface area contributed by atoms with Gasteiger partial charge in [-0.25, -0.2) is 9.59 Å². The van der Waals surface area contributed by atoms with Crippen LogP contribution in [0.4, 0.5) is 10.5 Å². The first-order valence-electron chi connectivity index (χ1n) is 9.51. The number of esters is 1. The van der Waals surface area contributed by atoms with Crippen LogP contribution in [0.1, 0.15) is 43.5 Å². The van der Waals surface area contributed by atoms with Crippen molar-refractivity contribution in [2.75, 3.05) is 25.0 Å². The van der Waals surface area contributed by atoms with Crippen LogP contribution in [0.2, 0.25) is 0 Å². The van der Waals surface area contributed by atoms with Gasteiger partial charge in [-0.05, 0) is 43.5 Å². The van der Waals surface area contributed by atoms with Crippen LogP contribution in [0.3, 0.4) is 0 Å². The molecule has 0 unspecified atom stereocenters. The summed E-state index contributed by atoms with van der Waals surface area (Å²) in [6, 6.07) is 6.74. The van der Waals surface area contributed by atoms with Crippen LogP contribution in [0.25, 0.3) is 0 Å². The van der Waals surface area contributed by atoms with E-state index in [1.165, 1.54) is 0 Å². The highest BCUT2D eigenvalue weighted by atomic mass is 16.6. The summed E-state index contributed by atoms with van der Waals surface area (Å²) in [6.45, 7) is 5.21. The Bertz CT molecular complexity index is 695. The molecule has 27 heavy (non-hydrogen) atoms. The Kier molecular flexibility index (Phi) is 5.98. The summed E-state index contributed by atoms with van der Waals surface area (Å²) in [5.74, 6) is 0.203. The van der Waals surface area contributed by atoms with E-state index in [-0.39, 0.29) is 24.0 Å². The Balaban J connectivity index is 1.46. The van der Waals surface area contributed by atoms with Crippen molar-refractivity contribution < 1.29 is 23.9 Å². The van der Waals surface area contributed by atoms with Gasteiger partial charge in [0.25, 0.3) is 0 Å². The first-order chi connectivity index (χ1) is 13.0. The maximum absolute atomic E-state index is 12.3. The van der Waals surface area contributed by atoms with Crippen molar-refractivity contribution in [3.05, 3.63) is 29.8 Å². The first kappa shape index (κ1) is 19.2. The Morgan fingerprint density at radius 2 is 1.78 bits per heavy atom. The van der Waals surface area contributed by atoms with Crippen molar-refractivity contribution in [2.45, 2.75) is 39.2 Å². The molecule has 7 heteroatoms. The summed E-state index contributed by atoms with van der Waals surface area (Å²) in [7, 11) is 0. The van der Waals surface area contributed by atoms with Crippen molar-refractivity contribution in [2.24, 2.45) is 11.8 Å². The number of nitrogens with one attached hydrogen (secondary N) is 1. The van der Waals surface area contributed by atoms with Crippen LogP contribution >= 0.6 is 0 Å². The highest BCUT2D eigenvalue weighted by molar-refractivity contribution is 5.95. The summed E-state index contributed by atoms with van der Waals surface area (Å²) in [6.07, 6.45) is 1.60. The second kappa shape index (κ2) is 8.41. The number of ether oxygens (including phenoxy) is 2. The summed E-state index contributed by atoms with van der Waals surface area (Å²) >= 11 is 0. The molecule has 1 heterocycles. The van der Waals surface area contributed by atoms with Crippen molar-refractivity contribution in [3.8, 4) is 0 Å². The number of benzene rings is 1. The number of likely N-dealkylation sites (tertiary alicyclic amines) is 1. The van der Waals surface area contributed by atoms with E-state index in [0.717, 1.165) is 6.42 Å². The number of hydrogen-bond acceptors (Lipinski definition) is 5. The highest BCUT2D eigenvalue weighted by Gasteiger charge is 2.39. The predicted octanol–water partition coefficient (Wildman–Crippen LogP) is 3.06. The fraction of sp³-hybridized carbons (Fsp3) is 0.550. The Morgan fingerprint density at radius 3 is 2.33 bits per heavy atom. The number of rotatable bonds is 5. The number of carbonyl (C=O) groups excluding carboxylic acids is 3. The van der Waals surface area contributed by atoms with Crippen LogP contribution in [0, 0.1) is 11.8 Å². The molecule has 1 N–H and O–H groups in total. The van der Waals surface area contributed by atoms with Crippen LogP contribution < -0.4 is 5.32 Å². The van der Waals surface area contributed by atoms with Gasteiger partial charge in [0, 0.05) is 37.5 Å². The lowest BCUT2D eigenvalue weighted by atomic mass is 10.1. The number of anilines is 1. The largest absolute Gasteiger partial charge is 0.459 e. The van der Waals surface area contributed by atoms with Crippen molar-refractivity contribution >= 4 is 23.7 Å². The second-order valence-corrected chi connectivity index (χ2v) is 7.18. The van der Waals surface area contributed by atoms with Crippen LogP contribution in [-0.2, 0) is 14.3 Å².